The lowest BCUT2D eigenvalue weighted by molar-refractivity contribution is 0.0524. The smallest absolute Gasteiger partial charge is 0.343 e. The summed E-state index contributed by atoms with van der Waals surface area (Å²) in [5.74, 6) is -2.30. The van der Waals surface area contributed by atoms with Crippen molar-refractivity contribution in [3.05, 3.63) is 57.4 Å². The zero-order valence-corrected chi connectivity index (χ0v) is 19.5. The molecule has 4 N–H and O–H groups in total. The highest BCUT2D eigenvalue weighted by Crippen LogP contribution is 2.41. The molecule has 1 saturated heterocycles. The zero-order valence-electron chi connectivity index (χ0n) is 19.5. The molecule has 1 fully saturated rings. The van der Waals surface area contributed by atoms with Crippen LogP contribution >= 0.6 is 0 Å². The van der Waals surface area contributed by atoms with Gasteiger partial charge in [0.2, 0.25) is 5.43 Å². The van der Waals surface area contributed by atoms with E-state index in [0.29, 0.717) is 13.1 Å². The number of halogens is 2. The van der Waals surface area contributed by atoms with Crippen molar-refractivity contribution in [3.63, 3.8) is 0 Å². The SMILES string of the molecule is CCOC(=O)c1cn(-c2cc(N)c(F)cc2CO)c2c(OC)c(N3CC(NC)C3)c(F)cc2c1=O. The molecule has 2 aromatic carbocycles. The molecule has 0 unspecified atom stereocenters. The van der Waals surface area contributed by atoms with E-state index < -0.39 is 29.6 Å². The number of aromatic nitrogens is 1. The molecule has 0 bridgehead atoms. The van der Waals surface area contributed by atoms with Crippen LogP contribution in [0.3, 0.4) is 0 Å². The van der Waals surface area contributed by atoms with Crippen molar-refractivity contribution < 1.29 is 28.2 Å². The van der Waals surface area contributed by atoms with Crippen LogP contribution < -0.4 is 26.1 Å². The summed E-state index contributed by atoms with van der Waals surface area (Å²) >= 11 is 0. The Kier molecular flexibility index (Phi) is 6.64. The van der Waals surface area contributed by atoms with E-state index in [-0.39, 0.29) is 57.5 Å². The van der Waals surface area contributed by atoms with E-state index in [1.54, 1.807) is 18.9 Å². The molecule has 35 heavy (non-hydrogen) atoms. The Morgan fingerprint density at radius 3 is 2.57 bits per heavy atom. The number of hydrogen-bond acceptors (Lipinski definition) is 8. The van der Waals surface area contributed by atoms with Crippen molar-refractivity contribution >= 4 is 28.2 Å². The number of nitrogens with one attached hydrogen (secondary N) is 1. The number of aliphatic hydroxyl groups is 1. The number of nitrogen functional groups attached to an aromatic ring is 1. The number of likely N-dealkylation sites (N-methyl/N-ethyl adjacent to an activating group) is 1. The van der Waals surface area contributed by atoms with Crippen LogP contribution in [0.4, 0.5) is 20.2 Å². The van der Waals surface area contributed by atoms with Crippen LogP contribution in [0, 0.1) is 11.6 Å². The van der Waals surface area contributed by atoms with Crippen molar-refractivity contribution in [1.82, 2.24) is 9.88 Å². The highest BCUT2D eigenvalue weighted by Gasteiger charge is 2.33. The van der Waals surface area contributed by atoms with Crippen molar-refractivity contribution in [2.75, 3.05) is 44.5 Å². The first-order chi connectivity index (χ1) is 16.7. The fraction of sp³-hybridized carbons (Fsp3) is 0.333. The van der Waals surface area contributed by atoms with Crippen LogP contribution in [0.25, 0.3) is 16.6 Å². The number of ether oxygens (including phenoxy) is 2. The Morgan fingerprint density at radius 1 is 1.26 bits per heavy atom. The number of esters is 1. The number of carbonyl (C=O) groups excluding carboxylic acids is 1. The Balaban J connectivity index is 2.12. The van der Waals surface area contributed by atoms with Crippen molar-refractivity contribution in [3.8, 4) is 11.4 Å². The number of nitrogens with two attached hydrogens (primary N) is 1. The predicted octanol–water partition coefficient (Wildman–Crippen LogP) is 1.94. The first-order valence-electron chi connectivity index (χ1n) is 11.0. The number of benzene rings is 2. The van der Waals surface area contributed by atoms with E-state index in [2.05, 4.69) is 5.32 Å². The fourth-order valence-corrected chi connectivity index (χ4v) is 4.26. The van der Waals surface area contributed by atoms with Crippen LogP contribution in [0.15, 0.2) is 29.2 Å². The normalized spacial score (nSPS) is 13.7. The van der Waals surface area contributed by atoms with Crippen molar-refractivity contribution in [2.45, 2.75) is 19.6 Å². The summed E-state index contributed by atoms with van der Waals surface area (Å²) in [6.07, 6.45) is 1.21. The number of rotatable bonds is 7. The van der Waals surface area contributed by atoms with Gasteiger partial charge in [-0.2, -0.15) is 0 Å². The average molecular weight is 488 g/mol. The van der Waals surface area contributed by atoms with E-state index in [1.807, 2.05) is 0 Å². The molecule has 0 radical (unpaired) electrons. The number of fused-ring (bicyclic) bond motifs is 1. The van der Waals surface area contributed by atoms with Gasteiger partial charge >= 0.3 is 5.97 Å². The average Bonchev–Trinajstić information content (AvgIpc) is 2.81. The minimum absolute atomic E-state index is 0.0138. The van der Waals surface area contributed by atoms with Gasteiger partial charge in [-0.05, 0) is 32.2 Å². The van der Waals surface area contributed by atoms with E-state index >= 15 is 4.39 Å². The lowest BCUT2D eigenvalue weighted by Gasteiger charge is -2.41. The van der Waals surface area contributed by atoms with Crippen LogP contribution in [-0.4, -0.2) is 55.5 Å². The molecule has 1 aliphatic heterocycles. The first kappa shape index (κ1) is 24.4. The quantitative estimate of drug-likeness (QED) is 0.341. The predicted molar refractivity (Wildman–Crippen MR) is 127 cm³/mol. The Hall–Kier alpha value is -3.70. The molecule has 0 spiro atoms. The molecule has 11 heteroatoms. The van der Waals surface area contributed by atoms with Gasteiger partial charge in [0.1, 0.15) is 22.6 Å². The largest absolute Gasteiger partial charge is 0.492 e. The molecular weight excluding hydrogens is 462 g/mol. The maximum Gasteiger partial charge on any atom is 0.343 e. The van der Waals surface area contributed by atoms with Crippen LogP contribution in [0.5, 0.6) is 5.75 Å². The van der Waals surface area contributed by atoms with Gasteiger partial charge in [-0.3, -0.25) is 4.79 Å². The molecule has 0 atom stereocenters. The molecule has 2 heterocycles. The molecule has 0 saturated carbocycles. The summed E-state index contributed by atoms with van der Waals surface area (Å²) in [7, 11) is 3.15. The minimum atomic E-state index is -0.906. The first-order valence-corrected chi connectivity index (χ1v) is 11.0. The number of hydrogen-bond donors (Lipinski definition) is 3. The summed E-state index contributed by atoms with van der Waals surface area (Å²) in [5, 5.41) is 12.9. The molecule has 4 rings (SSSR count). The molecule has 0 amide bonds. The lowest BCUT2D eigenvalue weighted by Crippen LogP contribution is -2.57. The van der Waals surface area contributed by atoms with Gasteiger partial charge in [0, 0.05) is 30.9 Å². The second-order valence-electron chi connectivity index (χ2n) is 8.15. The number of nitrogens with zero attached hydrogens (tertiary/aromatic N) is 2. The summed E-state index contributed by atoms with van der Waals surface area (Å²) in [6, 6.07) is 3.53. The molecule has 1 aliphatic rings. The zero-order chi connectivity index (χ0) is 25.4. The number of pyridine rings is 1. The summed E-state index contributed by atoms with van der Waals surface area (Å²) in [4.78, 5) is 27.6. The van der Waals surface area contributed by atoms with Crippen molar-refractivity contribution in [1.29, 1.82) is 0 Å². The molecule has 9 nitrogen and oxygen atoms in total. The van der Waals surface area contributed by atoms with Gasteiger partial charge in [-0.15, -0.1) is 0 Å². The van der Waals surface area contributed by atoms with Gasteiger partial charge < -0.3 is 35.1 Å². The lowest BCUT2D eigenvalue weighted by atomic mass is 10.0. The molecule has 0 aliphatic carbocycles. The van der Waals surface area contributed by atoms with Crippen LogP contribution in [0.2, 0.25) is 0 Å². The fourth-order valence-electron chi connectivity index (χ4n) is 4.26. The van der Waals surface area contributed by atoms with E-state index in [1.165, 1.54) is 23.9 Å². The van der Waals surface area contributed by atoms with Crippen LogP contribution in [0.1, 0.15) is 22.8 Å². The summed E-state index contributed by atoms with van der Waals surface area (Å²) < 4.78 is 41.6. The van der Waals surface area contributed by atoms with Gasteiger partial charge in [0.15, 0.2) is 11.6 Å². The number of methoxy groups -OCH3 is 1. The number of carbonyl (C=O) groups is 1. The van der Waals surface area contributed by atoms with E-state index in [4.69, 9.17) is 15.2 Å². The third kappa shape index (κ3) is 4.06. The highest BCUT2D eigenvalue weighted by molar-refractivity contribution is 5.98. The third-order valence-corrected chi connectivity index (χ3v) is 6.10. The van der Waals surface area contributed by atoms with Crippen LogP contribution in [-0.2, 0) is 11.3 Å². The number of aliphatic hydroxyl groups excluding tert-OH is 1. The summed E-state index contributed by atoms with van der Waals surface area (Å²) in [5.41, 5.74) is 5.07. The third-order valence-electron chi connectivity index (χ3n) is 6.10. The van der Waals surface area contributed by atoms with Crippen molar-refractivity contribution in [2.24, 2.45) is 0 Å². The topological polar surface area (TPSA) is 119 Å². The molecule has 3 aromatic rings. The Bertz CT molecular complexity index is 1370. The van der Waals surface area contributed by atoms with E-state index in [9.17, 15) is 19.1 Å². The molecule has 186 valence electrons. The highest BCUT2D eigenvalue weighted by atomic mass is 19.1. The second-order valence-corrected chi connectivity index (χ2v) is 8.15. The Labute approximate surface area is 199 Å². The number of anilines is 2. The second kappa shape index (κ2) is 9.51. The standard InChI is InChI=1S/C24H26F2N4O5/c1-4-35-24(33)15-10-30(19-7-18(27)16(25)5-12(19)11-31)20-14(22(15)32)6-17(26)21(23(20)34-3)29-8-13(9-29)28-2/h5-7,10,13,28,31H,4,8-9,11,27H2,1-3H3. The van der Waals surface area contributed by atoms with E-state index in [0.717, 1.165) is 12.1 Å². The Morgan fingerprint density at radius 2 is 1.97 bits per heavy atom. The maximum atomic E-state index is 15.4. The minimum Gasteiger partial charge on any atom is -0.492 e. The molecular formula is C24H26F2N4O5. The van der Waals surface area contributed by atoms with Gasteiger partial charge in [0.05, 0.1) is 37.1 Å². The maximum absolute atomic E-state index is 15.4. The monoisotopic (exact) mass is 488 g/mol. The van der Waals surface area contributed by atoms with Gasteiger partial charge in [-0.25, -0.2) is 13.6 Å². The molecule has 1 aromatic heterocycles. The summed E-state index contributed by atoms with van der Waals surface area (Å²) in [6.45, 7) is 2.04. The van der Waals surface area contributed by atoms with Gasteiger partial charge in [0.25, 0.3) is 0 Å². The van der Waals surface area contributed by atoms with Gasteiger partial charge in [-0.1, -0.05) is 0 Å².